The first-order valence-electron chi connectivity index (χ1n) is 12.8. The molecule has 1 fully saturated rings. The molecule has 1 heterocycles. The highest BCUT2D eigenvalue weighted by atomic mass is 16.5. The molecule has 3 aromatic carbocycles. The van der Waals surface area contributed by atoms with Crippen LogP contribution in [-0.2, 0) is 16.1 Å². The van der Waals surface area contributed by atoms with Gasteiger partial charge in [-0.3, -0.25) is 9.59 Å². The first-order chi connectivity index (χ1) is 18.0. The summed E-state index contributed by atoms with van der Waals surface area (Å²) in [6.07, 6.45) is 2.82. The zero-order valence-corrected chi connectivity index (χ0v) is 21.4. The summed E-state index contributed by atoms with van der Waals surface area (Å²) in [5.74, 6) is -0.221. The van der Waals surface area contributed by atoms with Crippen LogP contribution >= 0.6 is 0 Å². The number of aliphatic hydroxyl groups excluding tert-OH is 1. The van der Waals surface area contributed by atoms with Crippen LogP contribution in [0, 0.1) is 0 Å². The van der Waals surface area contributed by atoms with Gasteiger partial charge in [-0.25, -0.2) is 0 Å². The average molecular weight is 500 g/mol. The molecule has 1 atom stereocenters. The standard InChI is InChI=1S/C31H33NO5/c1-3-5-19-37-26-13-9-12-24(20-26)28-27(29(33)23-14-16-25(17-15-23)36-18-4-2)30(34)31(35)32(28)21-22-10-7-6-8-11-22/h6-17,20,28,33H,3-5,18-19,21H2,1-2H3/b29-27+. The monoisotopic (exact) mass is 499 g/mol. The maximum absolute atomic E-state index is 13.3. The van der Waals surface area contributed by atoms with Crippen molar-refractivity contribution in [1.82, 2.24) is 4.90 Å². The number of amides is 1. The fourth-order valence-electron chi connectivity index (χ4n) is 4.36. The van der Waals surface area contributed by atoms with Gasteiger partial charge in [0.2, 0.25) is 0 Å². The number of Topliss-reactive ketones (excluding diaryl/α,β-unsaturated/α-hetero) is 1. The van der Waals surface area contributed by atoms with Gasteiger partial charge < -0.3 is 19.5 Å². The Balaban J connectivity index is 1.76. The van der Waals surface area contributed by atoms with E-state index in [0.29, 0.717) is 35.8 Å². The summed E-state index contributed by atoms with van der Waals surface area (Å²) >= 11 is 0. The fraction of sp³-hybridized carbons (Fsp3) is 0.290. The van der Waals surface area contributed by atoms with Crippen molar-refractivity contribution >= 4 is 17.4 Å². The number of ether oxygens (including phenoxy) is 2. The molecular weight excluding hydrogens is 466 g/mol. The quantitative estimate of drug-likeness (QED) is 0.146. The third kappa shape index (κ3) is 6.02. The highest BCUT2D eigenvalue weighted by molar-refractivity contribution is 6.46. The first-order valence-corrected chi connectivity index (χ1v) is 12.8. The molecule has 6 heteroatoms. The number of unbranched alkanes of at least 4 members (excludes halogenated alkanes) is 1. The Morgan fingerprint density at radius 3 is 2.27 bits per heavy atom. The summed E-state index contributed by atoms with van der Waals surface area (Å²) in [6, 6.07) is 23.1. The molecule has 0 aromatic heterocycles. The lowest BCUT2D eigenvalue weighted by Crippen LogP contribution is -2.29. The minimum Gasteiger partial charge on any atom is -0.507 e. The second-order valence-electron chi connectivity index (χ2n) is 9.06. The maximum atomic E-state index is 13.3. The van der Waals surface area contributed by atoms with Crippen LogP contribution in [0.25, 0.3) is 5.76 Å². The highest BCUT2D eigenvalue weighted by Gasteiger charge is 2.46. The molecule has 37 heavy (non-hydrogen) atoms. The summed E-state index contributed by atoms with van der Waals surface area (Å²) < 4.78 is 11.5. The molecule has 1 amide bonds. The van der Waals surface area contributed by atoms with E-state index in [-0.39, 0.29) is 17.9 Å². The smallest absolute Gasteiger partial charge is 0.295 e. The van der Waals surface area contributed by atoms with Crippen LogP contribution in [0.4, 0.5) is 0 Å². The Morgan fingerprint density at radius 2 is 1.57 bits per heavy atom. The number of likely N-dealkylation sites (tertiary alicyclic amines) is 1. The van der Waals surface area contributed by atoms with Crippen molar-refractivity contribution in [2.75, 3.05) is 13.2 Å². The van der Waals surface area contributed by atoms with Gasteiger partial charge in [-0.1, -0.05) is 62.7 Å². The molecule has 4 rings (SSSR count). The number of hydrogen-bond acceptors (Lipinski definition) is 5. The Labute approximate surface area is 218 Å². The van der Waals surface area contributed by atoms with Crippen LogP contribution in [-0.4, -0.2) is 34.9 Å². The molecule has 0 spiro atoms. The van der Waals surface area contributed by atoms with Crippen LogP contribution in [0.2, 0.25) is 0 Å². The summed E-state index contributed by atoms with van der Waals surface area (Å²) in [7, 11) is 0. The lowest BCUT2D eigenvalue weighted by Gasteiger charge is -2.26. The molecule has 3 aromatic rings. The Hall–Kier alpha value is -4.06. The molecular formula is C31H33NO5. The summed E-state index contributed by atoms with van der Waals surface area (Å²) in [4.78, 5) is 28.2. The van der Waals surface area contributed by atoms with E-state index in [9.17, 15) is 14.7 Å². The number of rotatable bonds is 11. The average Bonchev–Trinajstić information content (AvgIpc) is 3.17. The van der Waals surface area contributed by atoms with Gasteiger partial charge in [0.15, 0.2) is 0 Å². The van der Waals surface area contributed by atoms with E-state index in [1.807, 2.05) is 61.5 Å². The maximum Gasteiger partial charge on any atom is 0.295 e. The number of carbonyl (C=O) groups excluding carboxylic acids is 2. The van der Waals surface area contributed by atoms with Crippen LogP contribution in [0.3, 0.4) is 0 Å². The van der Waals surface area contributed by atoms with E-state index in [2.05, 4.69) is 6.92 Å². The van der Waals surface area contributed by atoms with Gasteiger partial charge in [-0.05, 0) is 60.4 Å². The van der Waals surface area contributed by atoms with Crippen molar-refractivity contribution < 1.29 is 24.2 Å². The van der Waals surface area contributed by atoms with E-state index in [4.69, 9.17) is 9.47 Å². The number of hydrogen-bond donors (Lipinski definition) is 1. The van der Waals surface area contributed by atoms with Crippen LogP contribution in [0.1, 0.15) is 55.8 Å². The number of aliphatic hydroxyl groups is 1. The highest BCUT2D eigenvalue weighted by Crippen LogP contribution is 2.41. The molecule has 0 aliphatic carbocycles. The van der Waals surface area contributed by atoms with Crippen molar-refractivity contribution in [2.24, 2.45) is 0 Å². The second kappa shape index (κ2) is 12.3. The third-order valence-corrected chi connectivity index (χ3v) is 6.28. The predicted molar refractivity (Wildman–Crippen MR) is 143 cm³/mol. The minimum absolute atomic E-state index is 0.0638. The molecule has 6 nitrogen and oxygen atoms in total. The van der Waals surface area contributed by atoms with E-state index in [1.54, 1.807) is 24.3 Å². The normalized spacial score (nSPS) is 16.7. The number of benzene rings is 3. The Morgan fingerprint density at radius 1 is 0.838 bits per heavy atom. The van der Waals surface area contributed by atoms with Crippen molar-refractivity contribution in [2.45, 2.75) is 45.7 Å². The zero-order valence-electron chi connectivity index (χ0n) is 21.4. The fourth-order valence-corrected chi connectivity index (χ4v) is 4.36. The number of nitrogens with zero attached hydrogens (tertiary/aromatic N) is 1. The number of ketones is 1. The van der Waals surface area contributed by atoms with E-state index in [0.717, 1.165) is 24.8 Å². The van der Waals surface area contributed by atoms with E-state index < -0.39 is 17.7 Å². The van der Waals surface area contributed by atoms with Gasteiger partial charge in [0.25, 0.3) is 11.7 Å². The minimum atomic E-state index is -0.758. The van der Waals surface area contributed by atoms with Gasteiger partial charge >= 0.3 is 0 Å². The molecule has 1 N–H and O–H groups in total. The van der Waals surface area contributed by atoms with Gasteiger partial charge in [-0.15, -0.1) is 0 Å². The SMILES string of the molecule is CCCCOc1cccc(C2/C(=C(\O)c3ccc(OCCC)cc3)C(=O)C(=O)N2Cc2ccccc2)c1. The molecule has 0 bridgehead atoms. The molecule has 192 valence electrons. The predicted octanol–water partition coefficient (Wildman–Crippen LogP) is 6.28. The lowest BCUT2D eigenvalue weighted by atomic mass is 9.95. The molecule has 0 saturated carbocycles. The van der Waals surface area contributed by atoms with Crippen molar-refractivity contribution in [1.29, 1.82) is 0 Å². The Kier molecular flexibility index (Phi) is 8.62. The topological polar surface area (TPSA) is 76.1 Å². The van der Waals surface area contributed by atoms with Crippen molar-refractivity contribution in [3.8, 4) is 11.5 Å². The molecule has 0 radical (unpaired) electrons. The van der Waals surface area contributed by atoms with Crippen molar-refractivity contribution in [3.63, 3.8) is 0 Å². The van der Waals surface area contributed by atoms with Crippen LogP contribution in [0.15, 0.2) is 84.4 Å². The van der Waals surface area contributed by atoms with Gasteiger partial charge in [-0.2, -0.15) is 0 Å². The molecule has 1 aliphatic rings. The summed E-state index contributed by atoms with van der Waals surface area (Å²) in [6.45, 7) is 5.53. The van der Waals surface area contributed by atoms with Gasteiger partial charge in [0.1, 0.15) is 17.3 Å². The van der Waals surface area contributed by atoms with Crippen molar-refractivity contribution in [3.05, 3.63) is 101 Å². The summed E-state index contributed by atoms with van der Waals surface area (Å²) in [5, 5.41) is 11.3. The third-order valence-electron chi connectivity index (χ3n) is 6.28. The zero-order chi connectivity index (χ0) is 26.2. The van der Waals surface area contributed by atoms with Crippen LogP contribution in [0.5, 0.6) is 11.5 Å². The second-order valence-corrected chi connectivity index (χ2v) is 9.06. The largest absolute Gasteiger partial charge is 0.507 e. The first kappa shape index (κ1) is 26.0. The molecule has 1 unspecified atom stereocenters. The number of carbonyl (C=O) groups is 2. The van der Waals surface area contributed by atoms with Crippen LogP contribution < -0.4 is 9.47 Å². The lowest BCUT2D eigenvalue weighted by molar-refractivity contribution is -0.140. The van der Waals surface area contributed by atoms with E-state index >= 15 is 0 Å². The summed E-state index contributed by atoms with van der Waals surface area (Å²) in [5.41, 5.74) is 2.10. The van der Waals surface area contributed by atoms with Gasteiger partial charge in [0.05, 0.1) is 24.8 Å². The van der Waals surface area contributed by atoms with E-state index in [1.165, 1.54) is 4.90 Å². The Bertz CT molecular complexity index is 1250. The van der Waals surface area contributed by atoms with Gasteiger partial charge in [0, 0.05) is 12.1 Å². The molecule has 1 saturated heterocycles. The molecule has 1 aliphatic heterocycles.